The standard InChI is InChI=1S/C36H61N3O9/c1-33(2,3)45-29(41)22-38(23-30(42)46-34(4,5)6)20-27-18-26(16-14-13-15-17-40)19-28(37-27)21-39(24-31(43)47-35(7,8)9)25-32(44)48-36(10,11)12/h18-19,40H,13-17,20-25H2,1-12H3. The number of hydrogen-bond acceptors (Lipinski definition) is 12. The summed E-state index contributed by atoms with van der Waals surface area (Å²) >= 11 is 0. The largest absolute Gasteiger partial charge is 0.459 e. The molecule has 0 aliphatic carbocycles. The number of aliphatic hydroxyl groups is 1. The van der Waals surface area contributed by atoms with E-state index in [0.717, 1.165) is 18.4 Å². The van der Waals surface area contributed by atoms with Gasteiger partial charge in [-0.1, -0.05) is 6.42 Å². The molecule has 0 bridgehead atoms. The van der Waals surface area contributed by atoms with Gasteiger partial charge in [-0.15, -0.1) is 0 Å². The Labute approximate surface area is 287 Å². The van der Waals surface area contributed by atoms with Gasteiger partial charge in [-0.05, 0) is 120 Å². The van der Waals surface area contributed by atoms with E-state index in [-0.39, 0.29) is 45.9 Å². The van der Waals surface area contributed by atoms with Crippen LogP contribution in [0.1, 0.15) is 119 Å². The van der Waals surface area contributed by atoms with E-state index in [1.807, 2.05) is 12.1 Å². The van der Waals surface area contributed by atoms with Gasteiger partial charge in [-0.3, -0.25) is 34.0 Å². The summed E-state index contributed by atoms with van der Waals surface area (Å²) in [6.07, 6.45) is 3.03. The minimum absolute atomic E-state index is 0.113. The Morgan fingerprint density at radius 3 is 1.15 bits per heavy atom. The summed E-state index contributed by atoms with van der Waals surface area (Å²) in [5, 5.41) is 9.25. The van der Waals surface area contributed by atoms with Gasteiger partial charge in [-0.25, -0.2) is 0 Å². The third kappa shape index (κ3) is 21.7. The van der Waals surface area contributed by atoms with Crippen molar-refractivity contribution in [1.29, 1.82) is 0 Å². The minimum Gasteiger partial charge on any atom is -0.459 e. The Hall–Kier alpha value is -3.09. The maximum Gasteiger partial charge on any atom is 0.320 e. The van der Waals surface area contributed by atoms with Crippen LogP contribution in [0, 0.1) is 0 Å². The van der Waals surface area contributed by atoms with Crippen molar-refractivity contribution in [3.05, 3.63) is 29.1 Å². The number of ether oxygens (including phenoxy) is 4. The second-order valence-corrected chi connectivity index (χ2v) is 16.1. The molecule has 0 unspecified atom stereocenters. The number of esters is 4. The number of rotatable bonds is 17. The molecule has 0 saturated carbocycles. The van der Waals surface area contributed by atoms with Gasteiger partial charge in [-0.2, -0.15) is 0 Å². The molecule has 0 aliphatic rings. The van der Waals surface area contributed by atoms with E-state index >= 15 is 0 Å². The lowest BCUT2D eigenvalue weighted by molar-refractivity contribution is -0.162. The summed E-state index contributed by atoms with van der Waals surface area (Å²) < 4.78 is 22.2. The molecular weight excluding hydrogens is 618 g/mol. The fourth-order valence-electron chi connectivity index (χ4n) is 4.66. The van der Waals surface area contributed by atoms with Crippen molar-refractivity contribution in [1.82, 2.24) is 14.8 Å². The van der Waals surface area contributed by atoms with Crippen LogP contribution in [-0.2, 0) is 57.6 Å². The van der Waals surface area contributed by atoms with E-state index in [2.05, 4.69) is 0 Å². The summed E-state index contributed by atoms with van der Waals surface area (Å²) in [6.45, 7) is 21.0. The summed E-state index contributed by atoms with van der Waals surface area (Å²) in [4.78, 5) is 59.6. The van der Waals surface area contributed by atoms with Crippen LogP contribution in [0.15, 0.2) is 12.1 Å². The van der Waals surface area contributed by atoms with Crippen molar-refractivity contribution < 1.29 is 43.2 Å². The fraction of sp³-hybridized carbons (Fsp3) is 0.750. The lowest BCUT2D eigenvalue weighted by atomic mass is 10.1. The number of aryl methyl sites for hydroxylation is 1. The normalized spacial score (nSPS) is 12.6. The van der Waals surface area contributed by atoms with Crippen molar-refractivity contribution in [2.24, 2.45) is 0 Å². The molecule has 0 fully saturated rings. The van der Waals surface area contributed by atoms with Gasteiger partial charge in [0.2, 0.25) is 0 Å². The van der Waals surface area contributed by atoms with Crippen molar-refractivity contribution in [2.45, 2.75) is 144 Å². The molecule has 12 nitrogen and oxygen atoms in total. The van der Waals surface area contributed by atoms with Crippen molar-refractivity contribution in [3.8, 4) is 0 Å². The highest BCUT2D eigenvalue weighted by Gasteiger charge is 2.26. The first-order valence-corrected chi connectivity index (χ1v) is 16.7. The molecular formula is C36H61N3O9. The number of unbranched alkanes of at least 4 members (excludes halogenated alkanes) is 2. The van der Waals surface area contributed by atoms with Gasteiger partial charge in [0, 0.05) is 19.7 Å². The highest BCUT2D eigenvalue weighted by molar-refractivity contribution is 5.76. The van der Waals surface area contributed by atoms with Crippen molar-refractivity contribution >= 4 is 23.9 Å². The quantitative estimate of drug-likeness (QED) is 0.138. The first-order chi connectivity index (χ1) is 21.8. The summed E-state index contributed by atoms with van der Waals surface area (Å²) in [7, 11) is 0. The predicted octanol–water partition coefficient (Wildman–Crippen LogP) is 4.76. The molecule has 1 N–H and O–H groups in total. The number of aliphatic hydroxyl groups excluding tert-OH is 1. The molecule has 0 amide bonds. The van der Waals surface area contributed by atoms with Gasteiger partial charge in [0.1, 0.15) is 22.4 Å². The number of hydrogen-bond donors (Lipinski definition) is 1. The number of nitrogens with zero attached hydrogens (tertiary/aromatic N) is 3. The van der Waals surface area contributed by atoms with Crippen LogP contribution in [0.3, 0.4) is 0 Å². The molecule has 1 rings (SSSR count). The van der Waals surface area contributed by atoms with E-state index < -0.39 is 46.3 Å². The Kier molecular flexibility index (Phi) is 16.6. The maximum atomic E-state index is 12.9. The molecule has 0 atom stereocenters. The van der Waals surface area contributed by atoms with Crippen LogP contribution in [-0.4, -0.2) is 99.0 Å². The number of carbonyl (C=O) groups excluding carboxylic acids is 4. The molecule has 0 aromatic carbocycles. The molecule has 1 aromatic rings. The zero-order chi connectivity index (χ0) is 36.9. The zero-order valence-corrected chi connectivity index (χ0v) is 31.5. The smallest absolute Gasteiger partial charge is 0.320 e. The van der Waals surface area contributed by atoms with Gasteiger partial charge in [0.05, 0.1) is 37.6 Å². The predicted molar refractivity (Wildman–Crippen MR) is 183 cm³/mol. The zero-order valence-electron chi connectivity index (χ0n) is 31.5. The molecule has 274 valence electrons. The summed E-state index contributed by atoms with van der Waals surface area (Å²) in [6, 6.07) is 3.84. The Morgan fingerprint density at radius 1 is 0.562 bits per heavy atom. The average molecular weight is 680 g/mol. The van der Waals surface area contributed by atoms with Crippen LogP contribution in [0.25, 0.3) is 0 Å². The molecule has 12 heteroatoms. The monoisotopic (exact) mass is 679 g/mol. The van der Waals surface area contributed by atoms with Crippen LogP contribution < -0.4 is 0 Å². The third-order valence-corrected chi connectivity index (χ3v) is 5.98. The Morgan fingerprint density at radius 2 is 0.875 bits per heavy atom. The minimum atomic E-state index is -0.708. The van der Waals surface area contributed by atoms with E-state index in [1.54, 1.807) is 92.9 Å². The Bertz CT molecular complexity index is 1060. The summed E-state index contributed by atoms with van der Waals surface area (Å²) in [5.74, 6) is -1.97. The van der Waals surface area contributed by atoms with E-state index in [9.17, 15) is 24.3 Å². The van der Waals surface area contributed by atoms with E-state index in [0.29, 0.717) is 24.2 Å². The maximum absolute atomic E-state index is 12.9. The lowest BCUT2D eigenvalue weighted by Crippen LogP contribution is -2.40. The van der Waals surface area contributed by atoms with Crippen LogP contribution in [0.2, 0.25) is 0 Å². The first-order valence-electron chi connectivity index (χ1n) is 16.7. The third-order valence-electron chi connectivity index (χ3n) is 5.98. The number of carbonyl (C=O) groups is 4. The van der Waals surface area contributed by atoms with E-state index in [1.165, 1.54) is 0 Å². The van der Waals surface area contributed by atoms with Crippen molar-refractivity contribution in [2.75, 3.05) is 32.8 Å². The second-order valence-electron chi connectivity index (χ2n) is 16.1. The van der Waals surface area contributed by atoms with Gasteiger partial charge in [0.15, 0.2) is 0 Å². The van der Waals surface area contributed by atoms with Crippen molar-refractivity contribution in [3.63, 3.8) is 0 Å². The molecule has 0 spiro atoms. The van der Waals surface area contributed by atoms with Gasteiger partial charge < -0.3 is 24.1 Å². The number of pyridine rings is 1. The van der Waals surface area contributed by atoms with Crippen LogP contribution in [0.4, 0.5) is 0 Å². The SMILES string of the molecule is CC(C)(C)OC(=O)CN(CC(=O)OC(C)(C)C)Cc1cc(CCCCCO)cc(CN(CC(=O)OC(C)(C)C)CC(=O)OC(C)(C)C)n1. The summed E-state index contributed by atoms with van der Waals surface area (Å²) in [5.41, 5.74) is -0.698. The van der Waals surface area contributed by atoms with Crippen LogP contribution in [0.5, 0.6) is 0 Å². The molecule has 0 aliphatic heterocycles. The molecule has 0 saturated heterocycles. The van der Waals surface area contributed by atoms with E-state index in [4.69, 9.17) is 23.9 Å². The Balaban J connectivity index is 3.48. The topological polar surface area (TPSA) is 145 Å². The lowest BCUT2D eigenvalue weighted by Gasteiger charge is -2.27. The highest BCUT2D eigenvalue weighted by Crippen LogP contribution is 2.17. The number of aromatic nitrogens is 1. The first kappa shape index (κ1) is 42.9. The van der Waals surface area contributed by atoms with Gasteiger partial charge in [0.25, 0.3) is 0 Å². The molecule has 1 heterocycles. The van der Waals surface area contributed by atoms with Gasteiger partial charge >= 0.3 is 23.9 Å². The fourth-order valence-corrected chi connectivity index (χ4v) is 4.66. The molecule has 48 heavy (non-hydrogen) atoms. The molecule has 1 aromatic heterocycles. The highest BCUT2D eigenvalue weighted by atomic mass is 16.6. The average Bonchev–Trinajstić information content (AvgIpc) is 2.81. The van der Waals surface area contributed by atoms with Crippen LogP contribution >= 0.6 is 0 Å². The second kappa shape index (κ2) is 18.6. The molecule has 0 radical (unpaired) electrons.